The topological polar surface area (TPSA) is 56.3 Å². The number of aromatic nitrogens is 1. The largest absolute Gasteiger partial charge is 0.467 e. The van der Waals surface area contributed by atoms with Gasteiger partial charge in [-0.1, -0.05) is 11.6 Å². The lowest BCUT2D eigenvalue weighted by atomic mass is 10.3. The number of anilines is 1. The highest BCUT2D eigenvalue weighted by molar-refractivity contribution is 7.10. The first-order valence-electron chi connectivity index (χ1n) is 6.09. The van der Waals surface area contributed by atoms with Crippen molar-refractivity contribution >= 4 is 28.1 Å². The Kier molecular flexibility index (Phi) is 5.01. The lowest BCUT2D eigenvalue weighted by molar-refractivity contribution is 0.408. The average Bonchev–Trinajstić information content (AvgIpc) is 3.03. The van der Waals surface area contributed by atoms with Crippen LogP contribution in [0.15, 0.2) is 22.8 Å². The van der Waals surface area contributed by atoms with Gasteiger partial charge in [0.05, 0.1) is 12.8 Å². The summed E-state index contributed by atoms with van der Waals surface area (Å²) >= 11 is 7.19. The van der Waals surface area contributed by atoms with Crippen molar-refractivity contribution in [2.24, 2.45) is 0 Å². The van der Waals surface area contributed by atoms with Crippen LogP contribution < -0.4 is 4.90 Å². The zero-order chi connectivity index (χ0) is 14.5. The normalized spacial score (nSPS) is 10.8. The Morgan fingerprint density at radius 2 is 2.25 bits per heavy atom. The molecule has 2 rings (SSSR count). The third-order valence-corrected chi connectivity index (χ3v) is 4.06. The van der Waals surface area contributed by atoms with Gasteiger partial charge >= 0.3 is 0 Å². The summed E-state index contributed by atoms with van der Waals surface area (Å²) < 4.78 is 9.45. The second-order valence-corrected chi connectivity index (χ2v) is 5.68. The molecule has 0 aromatic carbocycles. The maximum Gasteiger partial charge on any atom is 0.162 e. The number of hydrogen-bond acceptors (Lipinski definition) is 6. The van der Waals surface area contributed by atoms with Gasteiger partial charge in [0.2, 0.25) is 0 Å². The predicted molar refractivity (Wildman–Crippen MR) is 80.2 cm³/mol. The van der Waals surface area contributed by atoms with E-state index in [1.807, 2.05) is 26.2 Å². The summed E-state index contributed by atoms with van der Waals surface area (Å²) in [7, 11) is 4.02. The van der Waals surface area contributed by atoms with Gasteiger partial charge < -0.3 is 14.2 Å². The van der Waals surface area contributed by atoms with Gasteiger partial charge in [-0.3, -0.25) is 0 Å². The van der Waals surface area contributed by atoms with Crippen molar-refractivity contribution in [1.82, 2.24) is 9.27 Å². The fourth-order valence-corrected chi connectivity index (χ4v) is 2.79. The van der Waals surface area contributed by atoms with Gasteiger partial charge in [-0.2, -0.15) is 9.64 Å². The molecule has 0 N–H and O–H groups in total. The predicted octanol–water partition coefficient (Wildman–Crippen LogP) is 2.83. The summed E-state index contributed by atoms with van der Waals surface area (Å²) in [5.41, 5.74) is 0.432. The molecule has 7 heteroatoms. The molecule has 0 atom stereocenters. The van der Waals surface area contributed by atoms with Crippen molar-refractivity contribution in [1.29, 1.82) is 5.26 Å². The van der Waals surface area contributed by atoms with Crippen LogP contribution in [0, 0.1) is 11.3 Å². The molecular formula is C13H15ClN4OS. The molecule has 0 aliphatic rings. The molecule has 0 saturated carbocycles. The van der Waals surface area contributed by atoms with E-state index in [0.29, 0.717) is 12.1 Å². The van der Waals surface area contributed by atoms with Gasteiger partial charge in [-0.05, 0) is 37.8 Å². The summed E-state index contributed by atoms with van der Waals surface area (Å²) in [6, 6.07) is 5.89. The molecule has 0 fully saturated rings. The van der Waals surface area contributed by atoms with E-state index in [0.717, 1.165) is 23.9 Å². The first-order valence-corrected chi connectivity index (χ1v) is 7.24. The van der Waals surface area contributed by atoms with Crippen molar-refractivity contribution in [2.45, 2.75) is 6.54 Å². The molecule has 0 aliphatic carbocycles. The third kappa shape index (κ3) is 3.51. The van der Waals surface area contributed by atoms with Crippen molar-refractivity contribution in [3.05, 3.63) is 34.9 Å². The van der Waals surface area contributed by atoms with Crippen molar-refractivity contribution in [3.8, 4) is 6.07 Å². The van der Waals surface area contributed by atoms with Crippen LogP contribution in [0.3, 0.4) is 0 Å². The fraction of sp³-hybridized carbons (Fsp3) is 0.385. The molecule has 5 nitrogen and oxygen atoms in total. The Morgan fingerprint density at radius 1 is 1.45 bits per heavy atom. The minimum absolute atomic E-state index is 0.266. The van der Waals surface area contributed by atoms with Gasteiger partial charge in [0.15, 0.2) is 5.15 Å². The molecule has 0 amide bonds. The lowest BCUT2D eigenvalue weighted by Gasteiger charge is -2.23. The molecule has 2 heterocycles. The number of rotatable bonds is 6. The maximum absolute atomic E-state index is 9.21. The zero-order valence-electron chi connectivity index (χ0n) is 11.3. The van der Waals surface area contributed by atoms with Gasteiger partial charge in [-0.25, -0.2) is 0 Å². The molecule has 0 saturated heterocycles. The summed E-state index contributed by atoms with van der Waals surface area (Å²) in [6.07, 6.45) is 1.64. The summed E-state index contributed by atoms with van der Waals surface area (Å²) in [5, 5.41) is 10.3. The van der Waals surface area contributed by atoms with E-state index in [4.69, 9.17) is 16.0 Å². The number of likely N-dealkylation sites (N-methyl/N-ethyl adjacent to an activating group) is 1. The van der Waals surface area contributed by atoms with Crippen LogP contribution in [0.2, 0.25) is 5.15 Å². The summed E-state index contributed by atoms with van der Waals surface area (Å²) in [4.78, 5) is 4.16. The van der Waals surface area contributed by atoms with E-state index in [1.54, 1.807) is 6.26 Å². The Labute approximate surface area is 127 Å². The Balaban J connectivity index is 2.23. The second kappa shape index (κ2) is 6.75. The molecule has 20 heavy (non-hydrogen) atoms. The molecule has 0 spiro atoms. The van der Waals surface area contributed by atoms with Gasteiger partial charge in [0.1, 0.15) is 22.4 Å². The van der Waals surface area contributed by atoms with Crippen molar-refractivity contribution < 1.29 is 4.42 Å². The van der Waals surface area contributed by atoms with Crippen LogP contribution in [0.4, 0.5) is 5.00 Å². The van der Waals surface area contributed by atoms with Crippen molar-refractivity contribution in [3.63, 3.8) is 0 Å². The first-order chi connectivity index (χ1) is 9.61. The smallest absolute Gasteiger partial charge is 0.162 e. The number of halogens is 1. The van der Waals surface area contributed by atoms with Crippen LogP contribution in [-0.4, -0.2) is 36.5 Å². The number of nitriles is 1. The Hall–Kier alpha value is -1.55. The van der Waals surface area contributed by atoms with E-state index in [-0.39, 0.29) is 5.15 Å². The van der Waals surface area contributed by atoms with Crippen molar-refractivity contribution in [2.75, 3.05) is 32.1 Å². The van der Waals surface area contributed by atoms with Gasteiger partial charge in [0.25, 0.3) is 0 Å². The molecule has 0 radical (unpaired) electrons. The second-order valence-electron chi connectivity index (χ2n) is 4.57. The summed E-state index contributed by atoms with van der Waals surface area (Å²) in [6.45, 7) is 2.22. The van der Waals surface area contributed by atoms with Gasteiger partial charge in [-0.15, -0.1) is 0 Å². The van der Waals surface area contributed by atoms with E-state index < -0.39 is 0 Å². The number of hydrogen-bond donors (Lipinski definition) is 0. The molecule has 0 unspecified atom stereocenters. The monoisotopic (exact) mass is 310 g/mol. The SMILES string of the molecule is CN(C)CCN(Cc1ccco1)c1snc(Cl)c1C#N. The van der Waals surface area contributed by atoms with Crippen LogP contribution >= 0.6 is 23.1 Å². The minimum Gasteiger partial charge on any atom is -0.467 e. The minimum atomic E-state index is 0.266. The van der Waals surface area contributed by atoms with Crippen LogP contribution in [0.5, 0.6) is 0 Å². The number of furan rings is 1. The highest BCUT2D eigenvalue weighted by atomic mass is 35.5. The van der Waals surface area contributed by atoms with E-state index in [9.17, 15) is 5.26 Å². The summed E-state index contributed by atoms with van der Waals surface area (Å²) in [5.74, 6) is 0.845. The molecular weight excluding hydrogens is 296 g/mol. The molecule has 106 valence electrons. The van der Waals surface area contributed by atoms with E-state index in [1.165, 1.54) is 11.5 Å². The molecule has 0 bridgehead atoms. The van der Waals surface area contributed by atoms with E-state index >= 15 is 0 Å². The highest BCUT2D eigenvalue weighted by Crippen LogP contribution is 2.32. The number of nitrogens with zero attached hydrogens (tertiary/aromatic N) is 4. The van der Waals surface area contributed by atoms with Crippen LogP contribution in [-0.2, 0) is 6.54 Å². The molecule has 0 aliphatic heterocycles. The Morgan fingerprint density at radius 3 is 2.85 bits per heavy atom. The first kappa shape index (κ1) is 14.9. The molecule has 2 aromatic rings. The Bertz CT molecular complexity index is 588. The van der Waals surface area contributed by atoms with Crippen LogP contribution in [0.25, 0.3) is 0 Å². The molecule has 2 aromatic heterocycles. The third-order valence-electron chi connectivity index (χ3n) is 2.78. The van der Waals surface area contributed by atoms with Crippen LogP contribution in [0.1, 0.15) is 11.3 Å². The zero-order valence-corrected chi connectivity index (χ0v) is 12.9. The van der Waals surface area contributed by atoms with Gasteiger partial charge in [0, 0.05) is 13.1 Å². The van der Waals surface area contributed by atoms with E-state index in [2.05, 4.69) is 20.2 Å². The fourth-order valence-electron chi connectivity index (χ4n) is 1.74. The highest BCUT2D eigenvalue weighted by Gasteiger charge is 2.19. The maximum atomic E-state index is 9.21. The average molecular weight is 311 g/mol. The lowest BCUT2D eigenvalue weighted by Crippen LogP contribution is -2.31. The quantitative estimate of drug-likeness (QED) is 0.821. The standard InChI is InChI=1S/C13H15ClN4OS/c1-17(2)5-6-18(9-10-4-3-7-19-10)13-11(8-15)12(14)16-20-13/h3-4,7H,5-6,9H2,1-2H3.